The number of fused-ring (bicyclic) bond motifs is 1. The molecule has 0 aliphatic carbocycles. The molecule has 1 aliphatic rings. The van der Waals surface area contributed by atoms with E-state index >= 15 is 0 Å². The smallest absolute Gasteiger partial charge is 0.246 e. The minimum atomic E-state index is -0.294. The Morgan fingerprint density at radius 3 is 2.71 bits per heavy atom. The van der Waals surface area contributed by atoms with Crippen molar-refractivity contribution in [2.24, 2.45) is 4.99 Å². The van der Waals surface area contributed by atoms with E-state index in [1.807, 2.05) is 43.0 Å². The quantitative estimate of drug-likeness (QED) is 0.618. The Morgan fingerprint density at radius 2 is 1.96 bits per heavy atom. The third-order valence-electron chi connectivity index (χ3n) is 5.12. The summed E-state index contributed by atoms with van der Waals surface area (Å²) in [5, 5.41) is 6.32. The highest BCUT2D eigenvalue weighted by Gasteiger charge is 2.25. The molecule has 3 rings (SSSR count). The van der Waals surface area contributed by atoms with Gasteiger partial charge in [-0.2, -0.15) is 0 Å². The first-order chi connectivity index (χ1) is 13.4. The molecule has 5 nitrogen and oxygen atoms in total. The molecular formula is C22H27FN4O. The number of anilines is 1. The van der Waals surface area contributed by atoms with Gasteiger partial charge in [-0.05, 0) is 35.7 Å². The van der Waals surface area contributed by atoms with Crippen LogP contribution in [0, 0.1) is 5.82 Å². The lowest BCUT2D eigenvalue weighted by Crippen LogP contribution is -2.47. The maximum absolute atomic E-state index is 13.5. The van der Waals surface area contributed by atoms with Crippen LogP contribution >= 0.6 is 0 Å². The third-order valence-corrected chi connectivity index (χ3v) is 5.12. The molecule has 148 valence electrons. The molecule has 1 heterocycles. The molecule has 0 aromatic heterocycles. The predicted octanol–water partition coefficient (Wildman–Crippen LogP) is 2.86. The van der Waals surface area contributed by atoms with Gasteiger partial charge in [0.1, 0.15) is 5.82 Å². The zero-order valence-corrected chi connectivity index (χ0v) is 16.6. The van der Waals surface area contributed by atoms with Crippen molar-refractivity contribution < 1.29 is 9.18 Å². The van der Waals surface area contributed by atoms with Crippen molar-refractivity contribution in [2.75, 3.05) is 31.6 Å². The Morgan fingerprint density at radius 1 is 1.18 bits per heavy atom. The van der Waals surface area contributed by atoms with E-state index in [9.17, 15) is 9.18 Å². The van der Waals surface area contributed by atoms with Crippen molar-refractivity contribution in [3.63, 3.8) is 0 Å². The average molecular weight is 382 g/mol. The van der Waals surface area contributed by atoms with Gasteiger partial charge in [-0.3, -0.25) is 9.79 Å². The number of para-hydroxylation sites is 1. The molecule has 0 atom stereocenters. The number of hydrogen-bond donors (Lipinski definition) is 2. The second-order valence-corrected chi connectivity index (χ2v) is 7.60. The topological polar surface area (TPSA) is 56.7 Å². The normalized spacial score (nSPS) is 14.0. The molecule has 0 saturated carbocycles. The summed E-state index contributed by atoms with van der Waals surface area (Å²) >= 11 is 0. The fraction of sp³-hybridized carbons (Fsp3) is 0.364. The third kappa shape index (κ3) is 4.50. The summed E-state index contributed by atoms with van der Waals surface area (Å²) in [5.41, 5.74) is 2.80. The van der Waals surface area contributed by atoms with Crippen molar-refractivity contribution in [3.8, 4) is 0 Å². The van der Waals surface area contributed by atoms with Crippen molar-refractivity contribution in [1.82, 2.24) is 10.6 Å². The molecule has 0 unspecified atom stereocenters. The predicted molar refractivity (Wildman–Crippen MR) is 111 cm³/mol. The van der Waals surface area contributed by atoms with Crippen LogP contribution in [0.2, 0.25) is 0 Å². The van der Waals surface area contributed by atoms with Crippen molar-refractivity contribution >= 4 is 17.6 Å². The number of carbonyl (C=O) groups excluding carboxylic acids is 1. The largest absolute Gasteiger partial charge is 0.356 e. The summed E-state index contributed by atoms with van der Waals surface area (Å²) in [6, 6.07) is 14.6. The fourth-order valence-corrected chi connectivity index (χ4v) is 3.39. The lowest BCUT2D eigenvalue weighted by Gasteiger charge is -2.27. The highest BCUT2D eigenvalue weighted by Crippen LogP contribution is 2.27. The lowest BCUT2D eigenvalue weighted by molar-refractivity contribution is -0.117. The van der Waals surface area contributed by atoms with Crippen LogP contribution in [0.4, 0.5) is 10.1 Å². The van der Waals surface area contributed by atoms with Gasteiger partial charge in [0.2, 0.25) is 5.91 Å². The number of benzene rings is 2. The van der Waals surface area contributed by atoms with E-state index in [2.05, 4.69) is 21.7 Å². The highest BCUT2D eigenvalue weighted by atomic mass is 19.1. The molecule has 2 N–H and O–H groups in total. The van der Waals surface area contributed by atoms with Crippen LogP contribution in [0.1, 0.15) is 25.0 Å². The second kappa shape index (κ2) is 8.42. The van der Waals surface area contributed by atoms with E-state index in [-0.39, 0.29) is 23.7 Å². The minimum absolute atomic E-state index is 0.0114. The molecule has 6 heteroatoms. The number of aliphatic imine (C=N–C) groups is 1. The number of nitrogens with zero attached hydrogens (tertiary/aromatic N) is 2. The summed E-state index contributed by atoms with van der Waals surface area (Å²) in [5.74, 6) is 0.312. The first kappa shape index (κ1) is 19.9. The zero-order chi connectivity index (χ0) is 20.1. The van der Waals surface area contributed by atoms with E-state index in [0.29, 0.717) is 19.0 Å². The molecule has 0 spiro atoms. The Balaban J connectivity index is 1.55. The van der Waals surface area contributed by atoms with Crippen LogP contribution < -0.4 is 15.5 Å². The number of carbonyl (C=O) groups is 1. The van der Waals surface area contributed by atoms with E-state index in [0.717, 1.165) is 17.7 Å². The van der Waals surface area contributed by atoms with Crippen LogP contribution in [-0.2, 0) is 16.6 Å². The summed E-state index contributed by atoms with van der Waals surface area (Å²) < 4.78 is 13.5. The first-order valence-electron chi connectivity index (χ1n) is 9.49. The van der Waals surface area contributed by atoms with Gasteiger partial charge in [-0.25, -0.2) is 4.39 Å². The highest BCUT2D eigenvalue weighted by molar-refractivity contribution is 5.98. The summed E-state index contributed by atoms with van der Waals surface area (Å²) in [6.07, 6.45) is 0.886. The molecule has 28 heavy (non-hydrogen) atoms. The zero-order valence-electron chi connectivity index (χ0n) is 16.6. The monoisotopic (exact) mass is 382 g/mol. The van der Waals surface area contributed by atoms with Gasteiger partial charge >= 0.3 is 0 Å². The number of hydrogen-bond acceptors (Lipinski definition) is 2. The summed E-state index contributed by atoms with van der Waals surface area (Å²) in [4.78, 5) is 18.6. The van der Waals surface area contributed by atoms with E-state index in [1.165, 1.54) is 11.6 Å². The molecule has 0 saturated heterocycles. The molecule has 2 aromatic rings. The van der Waals surface area contributed by atoms with Gasteiger partial charge < -0.3 is 15.5 Å². The van der Waals surface area contributed by atoms with Gasteiger partial charge in [-0.1, -0.05) is 44.2 Å². The molecule has 2 aromatic carbocycles. The van der Waals surface area contributed by atoms with Gasteiger partial charge in [0.05, 0.1) is 6.54 Å². The Kier molecular flexibility index (Phi) is 5.97. The molecular weight excluding hydrogens is 355 g/mol. The van der Waals surface area contributed by atoms with Crippen LogP contribution in [0.25, 0.3) is 0 Å². The standard InChI is InChI=1S/C22H27FN4O/c1-22(2,17-8-6-9-18(23)13-17)15-26-21(24-3)25-14-20(28)27-12-11-16-7-4-5-10-19(16)27/h4-10,13H,11-12,14-15H2,1-3H3,(H2,24,25,26). The van der Waals surface area contributed by atoms with Crippen LogP contribution in [0.5, 0.6) is 0 Å². The van der Waals surface area contributed by atoms with E-state index in [1.54, 1.807) is 19.2 Å². The van der Waals surface area contributed by atoms with Gasteiger partial charge in [0.15, 0.2) is 5.96 Å². The number of nitrogens with one attached hydrogen (secondary N) is 2. The maximum atomic E-state index is 13.5. The number of amides is 1. The van der Waals surface area contributed by atoms with Crippen LogP contribution in [0.15, 0.2) is 53.5 Å². The van der Waals surface area contributed by atoms with Crippen molar-refractivity contribution in [2.45, 2.75) is 25.7 Å². The Bertz CT molecular complexity index is 878. The SMILES string of the molecule is CN=C(NCC(=O)N1CCc2ccccc21)NCC(C)(C)c1cccc(F)c1. The summed E-state index contributed by atoms with van der Waals surface area (Å²) in [7, 11) is 1.67. The van der Waals surface area contributed by atoms with Crippen molar-refractivity contribution in [3.05, 3.63) is 65.5 Å². The fourth-order valence-electron chi connectivity index (χ4n) is 3.39. The van der Waals surface area contributed by atoms with Gasteiger partial charge in [0, 0.05) is 31.2 Å². The number of halogens is 1. The van der Waals surface area contributed by atoms with Crippen molar-refractivity contribution in [1.29, 1.82) is 0 Å². The van der Waals surface area contributed by atoms with Gasteiger partial charge in [0.25, 0.3) is 0 Å². The van der Waals surface area contributed by atoms with E-state index < -0.39 is 0 Å². The molecule has 0 fully saturated rings. The lowest BCUT2D eigenvalue weighted by atomic mass is 9.84. The Labute approximate surface area is 165 Å². The summed E-state index contributed by atoms with van der Waals surface area (Å²) in [6.45, 7) is 5.49. The average Bonchev–Trinajstić information content (AvgIpc) is 3.12. The van der Waals surface area contributed by atoms with Crippen LogP contribution in [-0.4, -0.2) is 38.5 Å². The van der Waals surface area contributed by atoms with E-state index in [4.69, 9.17) is 0 Å². The number of rotatable bonds is 5. The second-order valence-electron chi connectivity index (χ2n) is 7.60. The Hall–Kier alpha value is -2.89. The van der Waals surface area contributed by atoms with Crippen LogP contribution in [0.3, 0.4) is 0 Å². The maximum Gasteiger partial charge on any atom is 0.246 e. The minimum Gasteiger partial charge on any atom is -0.356 e. The molecule has 0 bridgehead atoms. The molecule has 0 radical (unpaired) electrons. The van der Waals surface area contributed by atoms with Gasteiger partial charge in [-0.15, -0.1) is 0 Å². The first-order valence-corrected chi connectivity index (χ1v) is 9.49. The number of guanidine groups is 1. The molecule has 1 aliphatic heterocycles. The molecule has 1 amide bonds.